The van der Waals surface area contributed by atoms with Crippen LogP contribution in [0.25, 0.3) is 22.0 Å². The van der Waals surface area contributed by atoms with Gasteiger partial charge in [-0.3, -0.25) is 9.59 Å². The normalized spacial score (nSPS) is 16.2. The van der Waals surface area contributed by atoms with Crippen LogP contribution in [0.1, 0.15) is 82.5 Å². The van der Waals surface area contributed by atoms with Gasteiger partial charge in [0, 0.05) is 117 Å². The van der Waals surface area contributed by atoms with Crippen LogP contribution in [-0.4, -0.2) is 107 Å². The van der Waals surface area contributed by atoms with E-state index in [2.05, 4.69) is 82.1 Å². The number of aryl methyl sites for hydroxylation is 3. The smallest absolute Gasteiger partial charge is 0.415 e. The number of hydrogen-bond acceptors (Lipinski definition) is 9. The average molecular weight is 907 g/mol. The molecular formula is C53H62N8O6. The Morgan fingerprint density at radius 3 is 2.33 bits per heavy atom. The van der Waals surface area contributed by atoms with Crippen molar-refractivity contribution in [3.63, 3.8) is 0 Å². The van der Waals surface area contributed by atoms with Crippen molar-refractivity contribution >= 4 is 34.8 Å². The molecule has 1 aliphatic carbocycles. The van der Waals surface area contributed by atoms with Gasteiger partial charge in [-0.05, 0) is 118 Å². The Kier molecular flexibility index (Phi) is 14.1. The summed E-state index contributed by atoms with van der Waals surface area (Å²) < 4.78 is 13.5. The molecule has 2 aliphatic rings. The number of carbonyl (C=O) groups is 3. The molecule has 0 spiro atoms. The van der Waals surface area contributed by atoms with Gasteiger partial charge < -0.3 is 43.9 Å². The molecule has 2 N–H and O–H groups in total. The van der Waals surface area contributed by atoms with Crippen LogP contribution < -0.4 is 20.5 Å². The van der Waals surface area contributed by atoms with E-state index in [1.807, 2.05) is 57.3 Å². The molecule has 14 heteroatoms. The van der Waals surface area contributed by atoms with Crippen molar-refractivity contribution in [3.8, 4) is 16.9 Å². The summed E-state index contributed by atoms with van der Waals surface area (Å²) in [4.78, 5) is 68.1. The van der Waals surface area contributed by atoms with Crippen LogP contribution in [-0.2, 0) is 17.9 Å². The number of nitrogens with one attached hydrogen (secondary N) is 2. The number of piperazine rings is 1. The van der Waals surface area contributed by atoms with Crippen molar-refractivity contribution in [1.82, 2.24) is 34.6 Å². The summed E-state index contributed by atoms with van der Waals surface area (Å²) in [5.74, 6) is 1.51. The summed E-state index contributed by atoms with van der Waals surface area (Å²) >= 11 is 0. The number of ether oxygens (including phenoxy) is 2. The molecule has 3 atom stereocenters. The molecular weight excluding hydrogens is 845 g/mol. The Bertz CT molecular complexity index is 2780. The monoisotopic (exact) mass is 906 g/mol. The number of nitrogens with zero attached hydrogens (tertiary/aromatic N) is 6. The van der Waals surface area contributed by atoms with Crippen LogP contribution in [0.15, 0.2) is 102 Å². The van der Waals surface area contributed by atoms with Gasteiger partial charge in [0.05, 0.1) is 0 Å². The van der Waals surface area contributed by atoms with Gasteiger partial charge in [-0.15, -0.1) is 0 Å². The second-order valence-electron chi connectivity index (χ2n) is 18.2. The number of anilines is 1. The molecule has 2 unspecified atom stereocenters. The van der Waals surface area contributed by atoms with Crippen LogP contribution in [0.3, 0.4) is 0 Å². The molecule has 3 aromatic heterocycles. The van der Waals surface area contributed by atoms with E-state index < -0.39 is 6.09 Å². The summed E-state index contributed by atoms with van der Waals surface area (Å²) in [6.07, 6.45) is 5.19. The Balaban J connectivity index is 0.824. The number of aromatic amines is 1. The van der Waals surface area contributed by atoms with E-state index in [1.54, 1.807) is 41.1 Å². The second-order valence-corrected chi connectivity index (χ2v) is 18.2. The van der Waals surface area contributed by atoms with Gasteiger partial charge in [0.15, 0.2) is 0 Å². The first kappa shape index (κ1) is 46.6. The molecule has 14 nitrogen and oxygen atoms in total. The van der Waals surface area contributed by atoms with Crippen molar-refractivity contribution in [3.05, 3.63) is 147 Å². The molecule has 0 bridgehead atoms. The Morgan fingerprint density at radius 2 is 1.64 bits per heavy atom. The van der Waals surface area contributed by atoms with E-state index >= 15 is 0 Å². The Hall–Kier alpha value is -6.93. The molecule has 8 rings (SSSR count). The maximum atomic E-state index is 14.0. The molecule has 3 amide bonds. The van der Waals surface area contributed by atoms with Gasteiger partial charge in [0.1, 0.15) is 18.2 Å². The lowest BCUT2D eigenvalue weighted by atomic mass is 9.98. The number of aromatic nitrogens is 3. The molecule has 6 aromatic rings. The lowest BCUT2D eigenvalue weighted by Gasteiger charge is -2.34. The maximum absolute atomic E-state index is 14.0. The van der Waals surface area contributed by atoms with Gasteiger partial charge in [0.25, 0.3) is 11.5 Å². The molecule has 1 saturated heterocycles. The number of benzene rings is 3. The highest BCUT2D eigenvalue weighted by molar-refractivity contribution is 6.09. The minimum atomic E-state index is -0.421. The maximum Gasteiger partial charge on any atom is 0.415 e. The van der Waals surface area contributed by atoms with E-state index in [9.17, 15) is 19.2 Å². The molecule has 350 valence electrons. The molecule has 1 aliphatic heterocycles. The van der Waals surface area contributed by atoms with Crippen molar-refractivity contribution in [2.24, 2.45) is 0 Å². The van der Waals surface area contributed by atoms with Crippen LogP contribution in [0, 0.1) is 20.8 Å². The molecule has 3 aromatic carbocycles. The summed E-state index contributed by atoms with van der Waals surface area (Å²) in [7, 11) is 3.85. The average Bonchev–Trinajstić information content (AvgIpc) is 4.08. The van der Waals surface area contributed by atoms with Crippen molar-refractivity contribution in [2.75, 3.05) is 58.3 Å². The highest BCUT2D eigenvalue weighted by atomic mass is 16.6. The number of H-pyrrole nitrogens is 1. The molecule has 1 saturated carbocycles. The fraction of sp³-hybridized carbons (Fsp3) is 0.377. The van der Waals surface area contributed by atoms with E-state index in [0.29, 0.717) is 61.6 Å². The highest BCUT2D eigenvalue weighted by Gasteiger charge is 2.41. The molecule has 0 radical (unpaired) electrons. The standard InChI is InChI=1S/C53H62N8O6/c1-8-37(5)61-32-35(3)49-44(50(62)55-31-45-34(2)26-36(4)56-51(45)63)27-41(28-47(49)61)40-16-19-48(54-30-40)59-22-24-60(25-23-59)53(65)66-33-38-14-17-42(18-15-38)67-52(64)58(7)21-20-57(6)46-29-43(46)39-12-10-9-11-13-39/h9-19,26-28,30,32,37,43,46H,8,20-25,29,31,33H2,1-7H3,(H,55,62)(H,56,63)/t37-,43?,46?/m0/s1. The third kappa shape index (κ3) is 10.7. The van der Waals surface area contributed by atoms with Crippen LogP contribution in [0.4, 0.5) is 15.4 Å². The third-order valence-electron chi connectivity index (χ3n) is 13.4. The fourth-order valence-electron chi connectivity index (χ4n) is 9.08. The van der Waals surface area contributed by atoms with E-state index in [1.165, 1.54) is 5.56 Å². The molecule has 67 heavy (non-hydrogen) atoms. The topological polar surface area (TPSA) is 145 Å². The van der Waals surface area contributed by atoms with E-state index in [0.717, 1.165) is 69.6 Å². The second kappa shape index (κ2) is 20.3. The molecule has 4 heterocycles. The lowest BCUT2D eigenvalue weighted by molar-refractivity contribution is 0.0937. The Morgan fingerprint density at radius 1 is 0.896 bits per heavy atom. The van der Waals surface area contributed by atoms with E-state index in [4.69, 9.17) is 14.5 Å². The number of carbonyl (C=O) groups excluding carboxylic acids is 3. The summed E-state index contributed by atoms with van der Waals surface area (Å²) in [6.45, 7) is 13.7. The highest BCUT2D eigenvalue weighted by Crippen LogP contribution is 2.44. The minimum absolute atomic E-state index is 0.0940. The van der Waals surface area contributed by atoms with E-state index in [-0.39, 0.29) is 36.8 Å². The number of fused-ring (bicyclic) bond motifs is 1. The van der Waals surface area contributed by atoms with Gasteiger partial charge in [0.2, 0.25) is 0 Å². The van der Waals surface area contributed by atoms with Gasteiger partial charge in [-0.1, -0.05) is 49.4 Å². The largest absolute Gasteiger partial charge is 0.445 e. The first-order valence-corrected chi connectivity index (χ1v) is 23.3. The summed E-state index contributed by atoms with van der Waals surface area (Å²) in [5, 5.41) is 3.91. The van der Waals surface area contributed by atoms with Gasteiger partial charge in [-0.2, -0.15) is 0 Å². The van der Waals surface area contributed by atoms with Crippen molar-refractivity contribution in [2.45, 2.75) is 78.6 Å². The van der Waals surface area contributed by atoms with Crippen LogP contribution in [0.2, 0.25) is 0 Å². The minimum Gasteiger partial charge on any atom is -0.445 e. The van der Waals surface area contributed by atoms with Crippen LogP contribution in [0.5, 0.6) is 5.75 Å². The fourth-order valence-corrected chi connectivity index (χ4v) is 9.08. The number of amides is 3. The molecule has 2 fully saturated rings. The first-order valence-electron chi connectivity index (χ1n) is 23.3. The van der Waals surface area contributed by atoms with Gasteiger partial charge >= 0.3 is 12.2 Å². The van der Waals surface area contributed by atoms with Crippen LogP contribution >= 0.6 is 0 Å². The quantitative estimate of drug-likeness (QED) is 0.104. The number of rotatable bonds is 15. The first-order chi connectivity index (χ1) is 32.3. The SMILES string of the molecule is CC[C@H](C)n1cc(C)c2c(C(=O)NCc3c(C)cc(C)[nH]c3=O)cc(-c3ccc(N4CCN(C(=O)OCc5ccc(OC(=O)N(C)CCN(C)C6CC6c6ccccc6)cc5)CC4)nc3)cc21. The van der Waals surface area contributed by atoms with Crippen molar-refractivity contribution in [1.29, 1.82) is 0 Å². The predicted octanol–water partition coefficient (Wildman–Crippen LogP) is 8.60. The zero-order valence-electron chi connectivity index (χ0n) is 39.7. The zero-order valence-corrected chi connectivity index (χ0v) is 39.7. The lowest BCUT2D eigenvalue weighted by Crippen LogP contribution is -2.49. The summed E-state index contributed by atoms with van der Waals surface area (Å²) in [5.41, 5.74) is 8.33. The zero-order chi connectivity index (χ0) is 47.4. The number of likely N-dealkylation sites (N-methyl/N-ethyl adjacent to an activating group) is 2. The number of pyridine rings is 2. The number of hydrogen-bond donors (Lipinski definition) is 2. The van der Waals surface area contributed by atoms with Crippen molar-refractivity contribution < 1.29 is 23.9 Å². The Labute approximate surface area is 392 Å². The third-order valence-corrected chi connectivity index (χ3v) is 13.4. The summed E-state index contributed by atoms with van der Waals surface area (Å²) in [6, 6.07) is 28.2. The van der Waals surface area contributed by atoms with Gasteiger partial charge in [-0.25, -0.2) is 14.6 Å². The predicted molar refractivity (Wildman–Crippen MR) is 262 cm³/mol.